The molecule has 1 aromatic carbocycles. The van der Waals surface area contributed by atoms with Gasteiger partial charge < -0.3 is 30.1 Å². The van der Waals surface area contributed by atoms with Crippen LogP contribution in [0.1, 0.15) is 45.6 Å². The summed E-state index contributed by atoms with van der Waals surface area (Å²) in [4.78, 5) is 25.7. The van der Waals surface area contributed by atoms with Crippen LogP contribution in [0, 0.1) is 5.41 Å². The number of hydrogen-bond donors (Lipinski definition) is 3. The normalized spacial score (nSPS) is 18.1. The van der Waals surface area contributed by atoms with E-state index in [9.17, 15) is 14.7 Å². The van der Waals surface area contributed by atoms with Crippen LogP contribution in [-0.4, -0.2) is 67.0 Å². The van der Waals surface area contributed by atoms with Gasteiger partial charge in [0.15, 0.2) is 0 Å². The molecule has 2 heterocycles. The number of alkyl carbamates (subject to hydrolysis) is 1. The van der Waals surface area contributed by atoms with Gasteiger partial charge in [-0.05, 0) is 36.8 Å². The predicted octanol–water partition coefficient (Wildman–Crippen LogP) is 2.97. The van der Waals surface area contributed by atoms with Crippen molar-refractivity contribution in [2.24, 2.45) is 5.41 Å². The summed E-state index contributed by atoms with van der Waals surface area (Å²) in [7, 11) is 0. The van der Waals surface area contributed by atoms with Gasteiger partial charge in [-0.1, -0.05) is 26.8 Å². The highest BCUT2D eigenvalue weighted by Gasteiger charge is 2.24. The molecule has 1 unspecified atom stereocenters. The maximum absolute atomic E-state index is 11.9. The standard InChI is InChI=1S/C23H35N3O5.ClH/c1-23(2,3)15-31-22(29)24-16-9-11-26(12-10-16)13-17(27)14-30-20-6-4-5-19-18(20)7-8-21(28)25-19;/h4-6,16-17,27H,7-15H2,1-3H3,(H,24,29)(H,25,28);1H. The molecular formula is C23H36ClN3O5. The van der Waals surface area contributed by atoms with Crippen LogP contribution in [0.3, 0.4) is 0 Å². The molecule has 180 valence electrons. The maximum atomic E-state index is 11.9. The summed E-state index contributed by atoms with van der Waals surface area (Å²) >= 11 is 0. The highest BCUT2D eigenvalue weighted by Crippen LogP contribution is 2.31. The highest BCUT2D eigenvalue weighted by atomic mass is 35.5. The minimum absolute atomic E-state index is 0. The number of aliphatic hydroxyl groups excluding tert-OH is 1. The van der Waals surface area contributed by atoms with E-state index in [4.69, 9.17) is 9.47 Å². The molecule has 32 heavy (non-hydrogen) atoms. The number of benzene rings is 1. The number of hydrogen-bond acceptors (Lipinski definition) is 6. The van der Waals surface area contributed by atoms with Gasteiger partial charge in [0.25, 0.3) is 0 Å². The van der Waals surface area contributed by atoms with Crippen molar-refractivity contribution in [1.29, 1.82) is 0 Å². The summed E-state index contributed by atoms with van der Waals surface area (Å²) in [6, 6.07) is 5.69. The molecule has 0 spiro atoms. The molecule has 2 amide bonds. The number of carbonyl (C=O) groups is 2. The lowest BCUT2D eigenvalue weighted by Crippen LogP contribution is -2.47. The Morgan fingerprint density at radius 1 is 1.28 bits per heavy atom. The van der Waals surface area contributed by atoms with Crippen molar-refractivity contribution >= 4 is 30.1 Å². The SMILES string of the molecule is CC(C)(C)COC(=O)NC1CCN(CC(O)COc2cccc3c2CCC(=O)N3)CC1.Cl. The zero-order valence-electron chi connectivity index (χ0n) is 19.2. The molecule has 0 aliphatic carbocycles. The number of β-amino-alcohol motifs (C(OH)–C–C–N with tert-alkyl or cyclic N) is 1. The number of fused-ring (bicyclic) bond motifs is 1. The molecule has 8 nitrogen and oxygen atoms in total. The Labute approximate surface area is 196 Å². The minimum atomic E-state index is -0.615. The molecule has 2 aliphatic heterocycles. The number of carbonyl (C=O) groups excluding carboxylic acids is 2. The van der Waals surface area contributed by atoms with Crippen LogP contribution in [0.5, 0.6) is 5.75 Å². The van der Waals surface area contributed by atoms with E-state index in [2.05, 4.69) is 15.5 Å². The van der Waals surface area contributed by atoms with Gasteiger partial charge >= 0.3 is 6.09 Å². The fourth-order valence-corrected chi connectivity index (χ4v) is 3.81. The van der Waals surface area contributed by atoms with E-state index >= 15 is 0 Å². The van der Waals surface area contributed by atoms with Crippen molar-refractivity contribution in [2.45, 2.75) is 58.6 Å². The average Bonchev–Trinajstić information content (AvgIpc) is 2.71. The molecule has 0 bridgehead atoms. The van der Waals surface area contributed by atoms with Crippen LogP contribution >= 0.6 is 12.4 Å². The number of anilines is 1. The molecular weight excluding hydrogens is 434 g/mol. The maximum Gasteiger partial charge on any atom is 0.407 e. The minimum Gasteiger partial charge on any atom is -0.490 e. The molecule has 1 aromatic rings. The zero-order valence-corrected chi connectivity index (χ0v) is 20.0. The van der Waals surface area contributed by atoms with E-state index in [1.807, 2.05) is 39.0 Å². The van der Waals surface area contributed by atoms with Crippen molar-refractivity contribution in [3.05, 3.63) is 23.8 Å². The van der Waals surface area contributed by atoms with E-state index < -0.39 is 6.10 Å². The van der Waals surface area contributed by atoms with Crippen LogP contribution in [0.25, 0.3) is 0 Å². The molecule has 1 saturated heterocycles. The number of halogens is 1. The van der Waals surface area contributed by atoms with E-state index in [1.165, 1.54) is 0 Å². The summed E-state index contributed by atoms with van der Waals surface area (Å²) in [5.74, 6) is 0.735. The van der Waals surface area contributed by atoms with E-state index in [0.717, 1.165) is 37.2 Å². The van der Waals surface area contributed by atoms with Gasteiger partial charge in [-0.25, -0.2) is 4.79 Å². The van der Waals surface area contributed by atoms with E-state index in [1.54, 1.807) is 0 Å². The second-order valence-electron chi connectivity index (χ2n) is 9.65. The first-order valence-corrected chi connectivity index (χ1v) is 11.1. The van der Waals surface area contributed by atoms with Gasteiger partial charge in [-0.3, -0.25) is 4.79 Å². The number of nitrogens with zero attached hydrogens (tertiary/aromatic N) is 1. The van der Waals surface area contributed by atoms with Crippen LogP contribution in [0.15, 0.2) is 18.2 Å². The molecule has 0 aromatic heterocycles. The quantitative estimate of drug-likeness (QED) is 0.567. The molecule has 9 heteroatoms. The number of ether oxygens (including phenoxy) is 2. The van der Waals surface area contributed by atoms with Gasteiger partial charge in [0.1, 0.15) is 18.5 Å². The predicted molar refractivity (Wildman–Crippen MR) is 126 cm³/mol. The number of aliphatic hydroxyl groups is 1. The lowest BCUT2D eigenvalue weighted by atomic mass is 9.99. The van der Waals surface area contributed by atoms with Crippen molar-refractivity contribution in [1.82, 2.24) is 10.2 Å². The third-order valence-electron chi connectivity index (χ3n) is 5.46. The summed E-state index contributed by atoms with van der Waals surface area (Å²) in [6.45, 7) is 8.78. The van der Waals surface area contributed by atoms with Crippen molar-refractivity contribution in [3.63, 3.8) is 0 Å². The number of rotatable bonds is 7. The smallest absolute Gasteiger partial charge is 0.407 e. The van der Waals surface area contributed by atoms with Gasteiger partial charge in [-0.2, -0.15) is 0 Å². The number of nitrogens with one attached hydrogen (secondary N) is 2. The summed E-state index contributed by atoms with van der Waals surface area (Å²) in [5, 5.41) is 16.2. The first-order valence-electron chi connectivity index (χ1n) is 11.1. The largest absolute Gasteiger partial charge is 0.490 e. The van der Waals surface area contributed by atoms with E-state index in [-0.39, 0.29) is 42.5 Å². The summed E-state index contributed by atoms with van der Waals surface area (Å²) < 4.78 is 11.1. The van der Waals surface area contributed by atoms with Crippen LogP contribution < -0.4 is 15.4 Å². The Hall–Kier alpha value is -2.03. The van der Waals surface area contributed by atoms with E-state index in [0.29, 0.717) is 31.7 Å². The highest BCUT2D eigenvalue weighted by molar-refractivity contribution is 5.94. The third kappa shape index (κ3) is 8.15. The Morgan fingerprint density at radius 2 is 2.00 bits per heavy atom. The van der Waals surface area contributed by atoms with Crippen molar-refractivity contribution < 1.29 is 24.2 Å². The molecule has 2 aliphatic rings. The molecule has 3 N–H and O–H groups in total. The molecule has 0 saturated carbocycles. The fraction of sp³-hybridized carbons (Fsp3) is 0.652. The van der Waals surface area contributed by atoms with Gasteiger partial charge in [0, 0.05) is 43.3 Å². The first-order chi connectivity index (χ1) is 14.7. The summed E-state index contributed by atoms with van der Waals surface area (Å²) in [6.07, 6.45) is 1.77. The fourth-order valence-electron chi connectivity index (χ4n) is 3.81. The van der Waals surface area contributed by atoms with Crippen LogP contribution in [0.2, 0.25) is 0 Å². The molecule has 0 radical (unpaired) electrons. The Kier molecular flexibility index (Phi) is 9.61. The van der Waals surface area contributed by atoms with Crippen LogP contribution in [-0.2, 0) is 16.0 Å². The molecule has 3 rings (SSSR count). The van der Waals surface area contributed by atoms with Gasteiger partial charge in [0.2, 0.25) is 5.91 Å². The number of piperidine rings is 1. The second kappa shape index (κ2) is 11.7. The monoisotopic (exact) mass is 469 g/mol. The first kappa shape index (κ1) is 26.2. The summed E-state index contributed by atoms with van der Waals surface area (Å²) in [5.41, 5.74) is 1.73. The van der Waals surface area contributed by atoms with Crippen LogP contribution in [0.4, 0.5) is 10.5 Å². The lowest BCUT2D eigenvalue weighted by Gasteiger charge is -2.33. The average molecular weight is 470 g/mol. The Morgan fingerprint density at radius 3 is 2.69 bits per heavy atom. The van der Waals surface area contributed by atoms with Crippen molar-refractivity contribution in [2.75, 3.05) is 38.2 Å². The third-order valence-corrected chi connectivity index (χ3v) is 5.46. The topological polar surface area (TPSA) is 100 Å². The van der Waals surface area contributed by atoms with Gasteiger partial charge in [-0.15, -0.1) is 12.4 Å². The van der Waals surface area contributed by atoms with Gasteiger partial charge in [0.05, 0.1) is 6.61 Å². The second-order valence-corrected chi connectivity index (χ2v) is 9.65. The Bertz CT molecular complexity index is 775. The molecule has 1 fully saturated rings. The number of amides is 2. The number of likely N-dealkylation sites (tertiary alicyclic amines) is 1. The Balaban J connectivity index is 0.00000363. The lowest BCUT2D eigenvalue weighted by molar-refractivity contribution is -0.116. The zero-order chi connectivity index (χ0) is 22.4. The van der Waals surface area contributed by atoms with Crippen molar-refractivity contribution in [3.8, 4) is 5.75 Å². The molecule has 1 atom stereocenters.